The van der Waals surface area contributed by atoms with E-state index in [1.54, 1.807) is 30.3 Å². The van der Waals surface area contributed by atoms with Crippen molar-refractivity contribution in [1.29, 1.82) is 0 Å². The van der Waals surface area contributed by atoms with Crippen molar-refractivity contribution >= 4 is 22.0 Å². The molecule has 0 unspecified atom stereocenters. The average Bonchev–Trinajstić information content (AvgIpc) is 2.78. The highest BCUT2D eigenvalue weighted by Gasteiger charge is 2.19. The number of hydrogen-bond acceptors (Lipinski definition) is 7. The predicted octanol–water partition coefficient (Wildman–Crippen LogP) is 4.38. The molecule has 3 aromatic carbocycles. The lowest BCUT2D eigenvalue weighted by Crippen LogP contribution is -2.10. The summed E-state index contributed by atoms with van der Waals surface area (Å²) >= 11 is 0. The van der Waals surface area contributed by atoms with Gasteiger partial charge in [-0.1, -0.05) is 29.8 Å². The van der Waals surface area contributed by atoms with Crippen LogP contribution in [0.15, 0.2) is 71.6 Å². The SMILES string of the molecule is COc1cc(C(=O)C=Cc2ccc(OS(=O)(=O)c3ccc(C)cc3)c(OC)c2)ccc1O. The fourth-order valence-electron chi connectivity index (χ4n) is 2.83. The summed E-state index contributed by atoms with van der Waals surface area (Å²) < 4.78 is 40.6. The molecule has 3 aromatic rings. The highest BCUT2D eigenvalue weighted by molar-refractivity contribution is 7.87. The van der Waals surface area contributed by atoms with E-state index in [1.165, 1.54) is 56.7 Å². The summed E-state index contributed by atoms with van der Waals surface area (Å²) in [5.74, 6) is 0.0575. The number of rotatable bonds is 8. The molecule has 8 heteroatoms. The number of carbonyl (C=O) groups excluding carboxylic acids is 1. The van der Waals surface area contributed by atoms with Gasteiger partial charge in [-0.25, -0.2) is 0 Å². The van der Waals surface area contributed by atoms with Gasteiger partial charge in [-0.05, 0) is 61.0 Å². The van der Waals surface area contributed by atoms with Crippen LogP contribution >= 0.6 is 0 Å². The van der Waals surface area contributed by atoms with E-state index in [2.05, 4.69) is 0 Å². The lowest BCUT2D eigenvalue weighted by molar-refractivity contribution is 0.104. The van der Waals surface area contributed by atoms with Crippen LogP contribution in [0.25, 0.3) is 6.08 Å². The van der Waals surface area contributed by atoms with E-state index >= 15 is 0 Å². The van der Waals surface area contributed by atoms with Gasteiger partial charge in [0.1, 0.15) is 4.90 Å². The van der Waals surface area contributed by atoms with Crippen LogP contribution in [0, 0.1) is 6.92 Å². The van der Waals surface area contributed by atoms with Crippen LogP contribution in [0.5, 0.6) is 23.0 Å². The molecule has 32 heavy (non-hydrogen) atoms. The Bertz CT molecular complexity index is 1260. The van der Waals surface area contributed by atoms with Crippen molar-refractivity contribution in [3.63, 3.8) is 0 Å². The van der Waals surface area contributed by atoms with E-state index in [4.69, 9.17) is 13.7 Å². The van der Waals surface area contributed by atoms with Gasteiger partial charge in [0.05, 0.1) is 14.2 Å². The van der Waals surface area contributed by atoms with Crippen LogP contribution in [0.4, 0.5) is 0 Å². The molecule has 0 bridgehead atoms. The molecule has 0 radical (unpaired) electrons. The Morgan fingerprint density at radius 3 is 2.22 bits per heavy atom. The third-order valence-corrected chi connectivity index (χ3v) is 5.84. The van der Waals surface area contributed by atoms with E-state index in [0.29, 0.717) is 11.1 Å². The topological polar surface area (TPSA) is 99.1 Å². The molecule has 0 spiro atoms. The van der Waals surface area contributed by atoms with Crippen LogP contribution in [-0.2, 0) is 10.1 Å². The number of aromatic hydroxyl groups is 1. The molecule has 7 nitrogen and oxygen atoms in total. The van der Waals surface area contributed by atoms with Crippen LogP contribution in [0.1, 0.15) is 21.5 Å². The minimum Gasteiger partial charge on any atom is -0.504 e. The Balaban J connectivity index is 1.80. The predicted molar refractivity (Wildman–Crippen MR) is 120 cm³/mol. The summed E-state index contributed by atoms with van der Waals surface area (Å²) in [4.78, 5) is 12.5. The van der Waals surface area contributed by atoms with Gasteiger partial charge in [0, 0.05) is 5.56 Å². The smallest absolute Gasteiger partial charge is 0.339 e. The highest BCUT2D eigenvalue weighted by Crippen LogP contribution is 2.31. The first-order valence-corrected chi connectivity index (χ1v) is 10.9. The van der Waals surface area contributed by atoms with Crippen molar-refractivity contribution in [3.05, 3.63) is 83.4 Å². The molecular formula is C24H22O7S. The molecule has 0 heterocycles. The number of phenolic OH excluding ortho intramolecular Hbond substituents is 1. The van der Waals surface area contributed by atoms with Gasteiger partial charge in [-0.3, -0.25) is 4.79 Å². The highest BCUT2D eigenvalue weighted by atomic mass is 32.2. The standard InChI is InChI=1S/C24H22O7S/c1-16-4-9-19(10-5-16)32(27,28)31-22-13-7-17(14-24(22)30-3)6-11-20(25)18-8-12-21(26)23(15-18)29-2/h4-15,26H,1-3H3. The summed E-state index contributed by atoms with van der Waals surface area (Å²) in [6.07, 6.45) is 2.91. The van der Waals surface area contributed by atoms with Gasteiger partial charge in [0.15, 0.2) is 28.8 Å². The van der Waals surface area contributed by atoms with Crippen LogP contribution < -0.4 is 13.7 Å². The first-order chi connectivity index (χ1) is 15.2. The van der Waals surface area contributed by atoms with E-state index in [0.717, 1.165) is 5.56 Å². The number of ether oxygens (including phenoxy) is 2. The van der Waals surface area contributed by atoms with Crippen molar-refractivity contribution in [2.24, 2.45) is 0 Å². The number of phenols is 1. The number of methoxy groups -OCH3 is 2. The van der Waals surface area contributed by atoms with Crippen molar-refractivity contribution in [3.8, 4) is 23.0 Å². The Morgan fingerprint density at radius 2 is 1.56 bits per heavy atom. The first kappa shape index (κ1) is 22.9. The van der Waals surface area contributed by atoms with Crippen LogP contribution in [0.2, 0.25) is 0 Å². The van der Waals surface area contributed by atoms with Gasteiger partial charge < -0.3 is 18.8 Å². The van der Waals surface area contributed by atoms with Gasteiger partial charge in [-0.2, -0.15) is 8.42 Å². The van der Waals surface area contributed by atoms with Crippen LogP contribution in [-0.4, -0.2) is 33.5 Å². The molecule has 0 amide bonds. The summed E-state index contributed by atoms with van der Waals surface area (Å²) in [7, 11) is -1.24. The number of allylic oxidation sites excluding steroid dienone is 1. The first-order valence-electron chi connectivity index (χ1n) is 9.52. The van der Waals surface area contributed by atoms with E-state index in [9.17, 15) is 18.3 Å². The van der Waals surface area contributed by atoms with E-state index < -0.39 is 10.1 Å². The average molecular weight is 455 g/mol. The van der Waals surface area contributed by atoms with Crippen molar-refractivity contribution in [1.82, 2.24) is 0 Å². The van der Waals surface area contributed by atoms with Gasteiger partial charge in [-0.15, -0.1) is 0 Å². The second-order valence-electron chi connectivity index (χ2n) is 6.85. The molecule has 0 saturated carbocycles. The fraction of sp³-hybridized carbons (Fsp3) is 0.125. The minimum atomic E-state index is -4.03. The molecule has 0 aliphatic heterocycles. The molecule has 1 N–H and O–H groups in total. The van der Waals surface area contributed by atoms with Gasteiger partial charge >= 0.3 is 10.1 Å². The molecule has 0 aromatic heterocycles. The largest absolute Gasteiger partial charge is 0.504 e. The Morgan fingerprint density at radius 1 is 0.875 bits per heavy atom. The Kier molecular flexibility index (Phi) is 6.85. The zero-order valence-corrected chi connectivity index (χ0v) is 18.5. The monoisotopic (exact) mass is 454 g/mol. The van der Waals surface area contributed by atoms with Crippen molar-refractivity contribution < 1.29 is 32.0 Å². The lowest BCUT2D eigenvalue weighted by atomic mass is 10.1. The van der Waals surface area contributed by atoms with Crippen molar-refractivity contribution in [2.75, 3.05) is 14.2 Å². The minimum absolute atomic E-state index is 0.0276. The summed E-state index contributed by atoms with van der Waals surface area (Å²) in [5.41, 5.74) is 1.87. The number of aryl methyl sites for hydroxylation is 1. The molecule has 3 rings (SSSR count). The molecule has 0 saturated heterocycles. The van der Waals surface area contributed by atoms with E-state index in [1.807, 2.05) is 6.92 Å². The fourth-order valence-corrected chi connectivity index (χ4v) is 3.77. The molecule has 166 valence electrons. The molecule has 0 aliphatic rings. The van der Waals surface area contributed by atoms with Gasteiger partial charge in [0.2, 0.25) is 0 Å². The second-order valence-corrected chi connectivity index (χ2v) is 8.39. The van der Waals surface area contributed by atoms with Crippen LogP contribution in [0.3, 0.4) is 0 Å². The zero-order valence-electron chi connectivity index (χ0n) is 17.7. The summed E-state index contributed by atoms with van der Waals surface area (Å²) in [6, 6.07) is 15.2. The number of hydrogen-bond donors (Lipinski definition) is 1. The third kappa shape index (κ3) is 5.28. The van der Waals surface area contributed by atoms with Gasteiger partial charge in [0.25, 0.3) is 0 Å². The Labute approximate surface area is 186 Å². The summed E-state index contributed by atoms with van der Waals surface area (Å²) in [5, 5.41) is 9.65. The van der Waals surface area contributed by atoms with Crippen molar-refractivity contribution in [2.45, 2.75) is 11.8 Å². The maximum absolute atomic E-state index is 12.5. The van der Waals surface area contributed by atoms with E-state index in [-0.39, 0.29) is 33.7 Å². The maximum atomic E-state index is 12.5. The quantitative estimate of drug-likeness (QED) is 0.306. The molecule has 0 fully saturated rings. The number of carbonyl (C=O) groups is 1. The molecule has 0 atom stereocenters. The third-order valence-electron chi connectivity index (χ3n) is 4.59. The Hall–Kier alpha value is -3.78. The molecule has 0 aliphatic carbocycles. The number of benzene rings is 3. The molecular weight excluding hydrogens is 432 g/mol. The zero-order chi connectivity index (χ0) is 23.3. The normalized spacial score (nSPS) is 11.3. The summed E-state index contributed by atoms with van der Waals surface area (Å²) in [6.45, 7) is 1.86. The maximum Gasteiger partial charge on any atom is 0.339 e. The second kappa shape index (κ2) is 9.57. The number of ketones is 1. The lowest BCUT2D eigenvalue weighted by Gasteiger charge is -2.11.